The lowest BCUT2D eigenvalue weighted by Gasteiger charge is -2.21. The van der Waals surface area contributed by atoms with Crippen molar-refractivity contribution in [3.8, 4) is 0 Å². The number of hydrogen-bond donors (Lipinski definition) is 2. The van der Waals surface area contributed by atoms with E-state index in [-0.39, 0.29) is 29.7 Å². The molecule has 9 heteroatoms. The lowest BCUT2D eigenvalue weighted by atomic mass is 10.2. The summed E-state index contributed by atoms with van der Waals surface area (Å²) in [6, 6.07) is 8.14. The fraction of sp³-hybridized carbons (Fsp3) is 0.611. The maximum atomic E-state index is 12.7. The molecule has 0 bridgehead atoms. The van der Waals surface area contributed by atoms with Gasteiger partial charge >= 0.3 is 0 Å². The molecule has 1 aliphatic carbocycles. The second kappa shape index (κ2) is 10.2. The second-order valence-corrected chi connectivity index (χ2v) is 9.93. The minimum atomic E-state index is -3.33. The number of sulfonamides is 1. The molecule has 2 aliphatic rings. The molecule has 0 spiro atoms. The summed E-state index contributed by atoms with van der Waals surface area (Å²) < 4.78 is 27.0. The lowest BCUT2D eigenvalue weighted by Crippen LogP contribution is -2.45. The van der Waals surface area contributed by atoms with Crippen molar-refractivity contribution >= 4 is 57.4 Å². The van der Waals surface area contributed by atoms with Gasteiger partial charge in [0.25, 0.3) is 0 Å². The zero-order valence-corrected chi connectivity index (χ0v) is 19.8. The van der Waals surface area contributed by atoms with E-state index in [1.807, 2.05) is 36.0 Å². The highest BCUT2D eigenvalue weighted by atomic mass is 127. The van der Waals surface area contributed by atoms with Crippen LogP contribution in [-0.2, 0) is 16.4 Å². The van der Waals surface area contributed by atoms with Gasteiger partial charge in [0.05, 0.1) is 11.4 Å². The maximum absolute atomic E-state index is 12.7. The van der Waals surface area contributed by atoms with Crippen molar-refractivity contribution in [2.75, 3.05) is 36.5 Å². The van der Waals surface area contributed by atoms with Crippen molar-refractivity contribution in [3.63, 3.8) is 0 Å². The molecular weight excluding hydrogens is 495 g/mol. The molecule has 1 heterocycles. The van der Waals surface area contributed by atoms with E-state index in [0.717, 1.165) is 30.5 Å². The smallest absolute Gasteiger partial charge is 0.236 e. The first kappa shape index (κ1) is 22.6. The van der Waals surface area contributed by atoms with E-state index in [1.54, 1.807) is 11.4 Å². The summed E-state index contributed by atoms with van der Waals surface area (Å²) in [5.41, 5.74) is 1.93. The third-order valence-electron chi connectivity index (χ3n) is 5.12. The van der Waals surface area contributed by atoms with E-state index in [4.69, 9.17) is 0 Å². The van der Waals surface area contributed by atoms with Crippen LogP contribution in [0.5, 0.6) is 0 Å². The molecule has 2 unspecified atom stereocenters. The van der Waals surface area contributed by atoms with Crippen LogP contribution in [0.2, 0.25) is 0 Å². The molecule has 6 nitrogen and oxygen atoms in total. The Balaban J connectivity index is 0.00000261. The summed E-state index contributed by atoms with van der Waals surface area (Å²) in [7, 11) is -1.61. The molecular formula is C18H29IN4O2S2. The van der Waals surface area contributed by atoms with Crippen molar-refractivity contribution in [3.05, 3.63) is 29.8 Å². The molecule has 2 atom stereocenters. The minimum absolute atomic E-state index is 0. The molecule has 1 fully saturated rings. The number of nitrogens with one attached hydrogen (secondary N) is 2. The average Bonchev–Trinajstić information content (AvgIpc) is 3.27. The van der Waals surface area contributed by atoms with Crippen LogP contribution in [0, 0.1) is 0 Å². The number of rotatable bonds is 6. The number of aliphatic imine (C=N–C) groups is 1. The first-order valence-corrected chi connectivity index (χ1v) is 12.0. The SMILES string of the molecule is CN=C(NCCS(=O)(=O)N1CCc2ccccc21)NC1CCC(SC)C1.I. The van der Waals surface area contributed by atoms with Gasteiger partial charge in [-0.3, -0.25) is 9.30 Å². The van der Waals surface area contributed by atoms with Gasteiger partial charge in [-0.15, -0.1) is 24.0 Å². The Hall–Kier alpha value is -0.680. The van der Waals surface area contributed by atoms with Crippen LogP contribution in [-0.4, -0.2) is 57.8 Å². The summed E-state index contributed by atoms with van der Waals surface area (Å²) in [6.45, 7) is 0.881. The van der Waals surface area contributed by atoms with Gasteiger partial charge in [-0.2, -0.15) is 11.8 Å². The normalized spacial score (nSPS) is 22.3. The number of para-hydroxylation sites is 1. The number of benzene rings is 1. The quantitative estimate of drug-likeness (QED) is 0.340. The Kier molecular flexibility index (Phi) is 8.54. The van der Waals surface area contributed by atoms with E-state index in [0.29, 0.717) is 30.3 Å². The highest BCUT2D eigenvalue weighted by molar-refractivity contribution is 14.0. The van der Waals surface area contributed by atoms with Crippen LogP contribution in [0.15, 0.2) is 29.3 Å². The summed E-state index contributed by atoms with van der Waals surface area (Å²) >= 11 is 1.92. The van der Waals surface area contributed by atoms with Crippen molar-refractivity contribution < 1.29 is 8.42 Å². The van der Waals surface area contributed by atoms with Crippen LogP contribution >= 0.6 is 35.7 Å². The van der Waals surface area contributed by atoms with Crippen LogP contribution in [0.4, 0.5) is 5.69 Å². The molecule has 0 radical (unpaired) electrons. The van der Waals surface area contributed by atoms with Crippen LogP contribution < -0.4 is 14.9 Å². The molecule has 0 aromatic heterocycles. The predicted octanol–water partition coefficient (Wildman–Crippen LogP) is 2.45. The van der Waals surface area contributed by atoms with E-state index < -0.39 is 10.0 Å². The molecule has 1 aromatic carbocycles. The number of fused-ring (bicyclic) bond motifs is 1. The number of halogens is 1. The largest absolute Gasteiger partial charge is 0.355 e. The van der Waals surface area contributed by atoms with Gasteiger partial charge in [0.2, 0.25) is 10.0 Å². The summed E-state index contributed by atoms with van der Waals surface area (Å²) in [5, 5.41) is 7.29. The van der Waals surface area contributed by atoms with Gasteiger partial charge < -0.3 is 10.6 Å². The summed E-state index contributed by atoms with van der Waals surface area (Å²) in [5.74, 6) is 0.744. The number of nitrogens with zero attached hydrogens (tertiary/aromatic N) is 2. The highest BCUT2D eigenvalue weighted by Crippen LogP contribution is 2.30. The van der Waals surface area contributed by atoms with Crippen molar-refractivity contribution in [1.82, 2.24) is 10.6 Å². The first-order chi connectivity index (χ1) is 12.5. The standard InChI is InChI=1S/C18H28N4O2S2.HI/c1-19-18(21-15-7-8-16(13-15)25-2)20-10-12-26(23,24)22-11-9-14-5-3-4-6-17(14)22;/h3-6,15-16H,7-13H2,1-2H3,(H2,19,20,21);1H. The van der Waals surface area contributed by atoms with Crippen LogP contribution in [0.25, 0.3) is 0 Å². The minimum Gasteiger partial charge on any atom is -0.355 e. The van der Waals surface area contributed by atoms with Gasteiger partial charge in [-0.1, -0.05) is 18.2 Å². The van der Waals surface area contributed by atoms with Gasteiger partial charge in [0.15, 0.2) is 5.96 Å². The lowest BCUT2D eigenvalue weighted by molar-refractivity contribution is 0.589. The monoisotopic (exact) mass is 524 g/mol. The zero-order valence-electron chi connectivity index (χ0n) is 15.8. The third kappa shape index (κ3) is 5.66. The molecule has 1 saturated carbocycles. The average molecular weight is 524 g/mol. The van der Waals surface area contributed by atoms with Crippen molar-refractivity contribution in [2.45, 2.75) is 37.0 Å². The molecule has 3 rings (SSSR count). The third-order valence-corrected chi connectivity index (χ3v) is 7.98. The Morgan fingerprint density at radius 2 is 2.11 bits per heavy atom. The topological polar surface area (TPSA) is 73.8 Å². The van der Waals surface area contributed by atoms with Gasteiger partial charge in [-0.25, -0.2) is 8.42 Å². The van der Waals surface area contributed by atoms with Gasteiger partial charge in [0.1, 0.15) is 0 Å². The molecule has 152 valence electrons. The molecule has 0 amide bonds. The number of guanidine groups is 1. The molecule has 1 aromatic rings. The number of thioether (sulfide) groups is 1. The maximum Gasteiger partial charge on any atom is 0.236 e. The van der Waals surface area contributed by atoms with E-state index in [2.05, 4.69) is 21.9 Å². The van der Waals surface area contributed by atoms with Crippen molar-refractivity contribution in [2.24, 2.45) is 4.99 Å². The second-order valence-electron chi connectivity index (χ2n) is 6.78. The summed E-state index contributed by atoms with van der Waals surface area (Å²) in [4.78, 5) is 4.23. The van der Waals surface area contributed by atoms with E-state index in [9.17, 15) is 8.42 Å². The number of anilines is 1. The molecule has 1 aliphatic heterocycles. The fourth-order valence-corrected chi connectivity index (χ4v) is 5.90. The number of hydrogen-bond acceptors (Lipinski definition) is 4. The Labute approximate surface area is 184 Å². The van der Waals surface area contributed by atoms with E-state index in [1.165, 1.54) is 6.42 Å². The predicted molar refractivity (Wildman–Crippen MR) is 126 cm³/mol. The van der Waals surface area contributed by atoms with Crippen LogP contribution in [0.3, 0.4) is 0 Å². The van der Waals surface area contributed by atoms with E-state index >= 15 is 0 Å². The van der Waals surface area contributed by atoms with Gasteiger partial charge in [0, 0.05) is 31.4 Å². The van der Waals surface area contributed by atoms with Crippen molar-refractivity contribution in [1.29, 1.82) is 0 Å². The van der Waals surface area contributed by atoms with Gasteiger partial charge in [-0.05, 0) is 43.6 Å². The summed E-state index contributed by atoms with van der Waals surface area (Å²) in [6.07, 6.45) is 6.42. The Morgan fingerprint density at radius 1 is 1.33 bits per heavy atom. The fourth-order valence-electron chi connectivity index (χ4n) is 3.68. The molecule has 0 saturated heterocycles. The zero-order chi connectivity index (χ0) is 18.6. The Morgan fingerprint density at radius 3 is 2.81 bits per heavy atom. The van der Waals surface area contributed by atoms with Crippen LogP contribution in [0.1, 0.15) is 24.8 Å². The Bertz CT molecular complexity index is 757. The first-order valence-electron chi connectivity index (χ1n) is 9.12. The molecule has 2 N–H and O–H groups in total. The molecule has 27 heavy (non-hydrogen) atoms. The highest BCUT2D eigenvalue weighted by Gasteiger charge is 2.29.